The average molecular weight is 222 g/mol. The van der Waals surface area contributed by atoms with E-state index < -0.39 is 8.32 Å². The quantitative estimate of drug-likeness (QED) is 0.486. The van der Waals surface area contributed by atoms with Crippen LogP contribution in [-0.4, -0.2) is 30.8 Å². The van der Waals surface area contributed by atoms with E-state index in [1.807, 2.05) is 0 Å². The van der Waals surface area contributed by atoms with Crippen LogP contribution in [-0.2, 0) is 4.43 Å². The maximum absolute atomic E-state index is 6.29. The Balaban J connectivity index is 3.99. The fourth-order valence-electron chi connectivity index (χ4n) is 1.42. The summed E-state index contributed by atoms with van der Waals surface area (Å²) in [5.41, 5.74) is 0. The van der Waals surface area contributed by atoms with Gasteiger partial charge in [0.25, 0.3) is 0 Å². The SMILES string of the molecule is [Li][CH](CCCCC)O[Si](C)(C)C(C)(C)C. The van der Waals surface area contributed by atoms with Gasteiger partial charge in [-0.3, -0.25) is 0 Å². The number of unbranched alkanes of at least 4 members (excludes halogenated alkanes) is 2. The van der Waals surface area contributed by atoms with Gasteiger partial charge in [0.2, 0.25) is 0 Å². The Morgan fingerprint density at radius 3 is 2.13 bits per heavy atom. The Bertz CT molecular complexity index is 175. The van der Waals surface area contributed by atoms with Crippen molar-refractivity contribution in [2.75, 3.05) is 0 Å². The minimum atomic E-state index is -1.53. The van der Waals surface area contributed by atoms with Crippen LogP contribution in [0.25, 0.3) is 0 Å². The molecule has 15 heavy (non-hydrogen) atoms. The van der Waals surface area contributed by atoms with Gasteiger partial charge in [0.05, 0.1) is 0 Å². The van der Waals surface area contributed by atoms with E-state index in [1.165, 1.54) is 25.7 Å². The first kappa shape index (κ1) is 15.8. The van der Waals surface area contributed by atoms with Gasteiger partial charge in [0.1, 0.15) is 0 Å². The van der Waals surface area contributed by atoms with Gasteiger partial charge in [-0.2, -0.15) is 0 Å². The zero-order chi connectivity index (χ0) is 12.1. The average Bonchev–Trinajstić information content (AvgIpc) is 2.01. The van der Waals surface area contributed by atoms with Gasteiger partial charge in [0, 0.05) is 0 Å². The number of hydrogen-bond donors (Lipinski definition) is 0. The predicted molar refractivity (Wildman–Crippen MR) is 72.0 cm³/mol. The Hall–Kier alpha value is 0.774. The van der Waals surface area contributed by atoms with Crippen LogP contribution in [0.2, 0.25) is 18.1 Å². The van der Waals surface area contributed by atoms with Gasteiger partial charge in [-0.05, 0) is 0 Å². The molecule has 0 aromatic rings. The number of rotatable bonds is 6. The molecule has 3 heteroatoms. The molecule has 1 atom stereocenters. The molecule has 0 aromatic carbocycles. The number of hydrogen-bond acceptors (Lipinski definition) is 1. The van der Waals surface area contributed by atoms with Crippen LogP contribution in [0.1, 0.15) is 53.4 Å². The van der Waals surface area contributed by atoms with E-state index in [2.05, 4.69) is 58.5 Å². The molecular weight excluding hydrogens is 195 g/mol. The van der Waals surface area contributed by atoms with Crippen LogP contribution in [0.5, 0.6) is 0 Å². The van der Waals surface area contributed by atoms with Gasteiger partial charge in [0.15, 0.2) is 0 Å². The van der Waals surface area contributed by atoms with Crippen molar-refractivity contribution in [1.29, 1.82) is 0 Å². The molecule has 0 bridgehead atoms. The summed E-state index contributed by atoms with van der Waals surface area (Å²) in [7, 11) is -1.53. The van der Waals surface area contributed by atoms with Crippen LogP contribution in [0.3, 0.4) is 0 Å². The molecular formula is C12H27LiOSi. The van der Waals surface area contributed by atoms with Gasteiger partial charge in [-0.15, -0.1) is 0 Å². The van der Waals surface area contributed by atoms with Crippen LogP contribution in [0.4, 0.5) is 0 Å². The van der Waals surface area contributed by atoms with E-state index in [-0.39, 0.29) is 0 Å². The van der Waals surface area contributed by atoms with Crippen molar-refractivity contribution in [2.45, 2.75) is 76.3 Å². The monoisotopic (exact) mass is 222 g/mol. The molecule has 1 unspecified atom stereocenters. The van der Waals surface area contributed by atoms with Crippen molar-refractivity contribution in [3.05, 3.63) is 0 Å². The third-order valence-electron chi connectivity index (χ3n) is 3.52. The van der Waals surface area contributed by atoms with E-state index in [0.717, 1.165) is 0 Å². The maximum atomic E-state index is 6.29. The van der Waals surface area contributed by atoms with E-state index in [0.29, 0.717) is 9.82 Å². The van der Waals surface area contributed by atoms with Crippen molar-refractivity contribution in [2.24, 2.45) is 0 Å². The Morgan fingerprint density at radius 2 is 1.73 bits per heavy atom. The topological polar surface area (TPSA) is 9.23 Å². The summed E-state index contributed by atoms with van der Waals surface area (Å²) >= 11 is 2.23. The molecule has 0 heterocycles. The zero-order valence-electron chi connectivity index (χ0n) is 11.8. The fourth-order valence-corrected chi connectivity index (χ4v) is 2.90. The first-order valence-electron chi connectivity index (χ1n) is 6.38. The third kappa shape index (κ3) is 6.17. The normalized spacial score (nSPS) is 15.5. The summed E-state index contributed by atoms with van der Waals surface area (Å²) in [5, 5.41) is 0.339. The summed E-state index contributed by atoms with van der Waals surface area (Å²) < 4.78 is 6.73. The molecule has 0 spiro atoms. The molecule has 0 aliphatic rings. The Labute approximate surface area is 107 Å². The van der Waals surface area contributed by atoms with Gasteiger partial charge >= 0.3 is 107 Å². The minimum absolute atomic E-state index is 0.339. The van der Waals surface area contributed by atoms with Crippen molar-refractivity contribution in [1.82, 2.24) is 0 Å². The predicted octanol–water partition coefficient (Wildman–Crippen LogP) is 4.08. The summed E-state index contributed by atoms with van der Waals surface area (Å²) in [4.78, 5) is 0. The first-order chi connectivity index (χ1) is 6.70. The Kier molecular flexibility index (Phi) is 6.83. The van der Waals surface area contributed by atoms with E-state index in [9.17, 15) is 0 Å². The molecule has 0 rings (SSSR count). The van der Waals surface area contributed by atoms with E-state index in [4.69, 9.17) is 4.43 Å². The van der Waals surface area contributed by atoms with Crippen molar-refractivity contribution < 1.29 is 4.43 Å². The van der Waals surface area contributed by atoms with Gasteiger partial charge in [-0.25, -0.2) is 0 Å². The molecule has 0 radical (unpaired) electrons. The van der Waals surface area contributed by atoms with E-state index in [1.54, 1.807) is 0 Å². The molecule has 0 aliphatic carbocycles. The molecule has 0 saturated carbocycles. The molecule has 0 aliphatic heterocycles. The molecule has 1 nitrogen and oxygen atoms in total. The second kappa shape index (κ2) is 6.50. The molecule has 0 amide bonds. The fraction of sp³-hybridized carbons (Fsp3) is 1.00. The second-order valence-electron chi connectivity index (χ2n) is 6.18. The molecule has 0 saturated heterocycles. The standard InChI is InChI=1S/C12H27OSi.Li/c1-7-8-9-10-11-13-14(5,6)12(2,3)4;/h11H,7-10H2,1-6H3;. The van der Waals surface area contributed by atoms with Crippen LogP contribution < -0.4 is 0 Å². The van der Waals surface area contributed by atoms with Crippen molar-refractivity contribution >= 4 is 26.0 Å². The summed E-state index contributed by atoms with van der Waals surface area (Å²) in [6, 6.07) is 0. The molecule has 0 N–H and O–H groups in total. The van der Waals surface area contributed by atoms with Gasteiger partial charge in [-0.1, -0.05) is 0 Å². The Morgan fingerprint density at radius 1 is 1.20 bits per heavy atom. The zero-order valence-corrected chi connectivity index (χ0v) is 12.8. The molecule has 0 aromatic heterocycles. The summed E-state index contributed by atoms with van der Waals surface area (Å²) in [5.74, 6) is 0. The second-order valence-corrected chi connectivity index (χ2v) is 10.9. The van der Waals surface area contributed by atoms with Crippen molar-refractivity contribution in [3.63, 3.8) is 0 Å². The first-order valence-corrected chi connectivity index (χ1v) is 9.29. The van der Waals surface area contributed by atoms with Crippen LogP contribution in [0.15, 0.2) is 0 Å². The van der Waals surface area contributed by atoms with Gasteiger partial charge < -0.3 is 0 Å². The molecule has 0 fully saturated rings. The molecule has 86 valence electrons. The summed E-state index contributed by atoms with van der Waals surface area (Å²) in [6.45, 7) is 13.8. The van der Waals surface area contributed by atoms with Crippen molar-refractivity contribution in [3.8, 4) is 0 Å². The van der Waals surface area contributed by atoms with Crippen LogP contribution in [0, 0.1) is 0 Å². The third-order valence-corrected chi connectivity index (χ3v) is 8.12. The summed E-state index contributed by atoms with van der Waals surface area (Å²) in [6.07, 6.45) is 5.17. The van der Waals surface area contributed by atoms with Crippen LogP contribution >= 0.6 is 0 Å². The van der Waals surface area contributed by atoms with E-state index >= 15 is 0 Å².